The van der Waals surface area contributed by atoms with Gasteiger partial charge in [0.15, 0.2) is 16.9 Å². The summed E-state index contributed by atoms with van der Waals surface area (Å²) in [6.07, 6.45) is 0. The summed E-state index contributed by atoms with van der Waals surface area (Å²) in [4.78, 5) is 29.8. The lowest BCUT2D eigenvalue weighted by molar-refractivity contribution is 0.0971. The fourth-order valence-electron chi connectivity index (χ4n) is 5.39. The predicted molar refractivity (Wildman–Crippen MR) is 160 cm³/mol. The van der Waals surface area contributed by atoms with Crippen molar-refractivity contribution >= 4 is 22.6 Å². The van der Waals surface area contributed by atoms with Gasteiger partial charge in [-0.25, -0.2) is 0 Å². The second-order valence-electron chi connectivity index (χ2n) is 10.6. The van der Waals surface area contributed by atoms with E-state index in [1.165, 1.54) is 0 Å². The van der Waals surface area contributed by atoms with Crippen molar-refractivity contribution in [2.45, 2.75) is 40.3 Å². The molecule has 0 spiro atoms. The highest BCUT2D eigenvalue weighted by Crippen LogP contribution is 2.44. The Bertz CT molecular complexity index is 1870. The highest BCUT2D eigenvalue weighted by atomic mass is 16.5. The Hall–Kier alpha value is -4.84. The van der Waals surface area contributed by atoms with Crippen LogP contribution >= 0.6 is 0 Å². The summed E-state index contributed by atoms with van der Waals surface area (Å²) in [6, 6.07) is 24.3. The first-order valence-electron chi connectivity index (χ1n) is 13.6. The first-order valence-corrected chi connectivity index (χ1v) is 13.6. The highest BCUT2D eigenvalue weighted by Gasteiger charge is 2.44. The van der Waals surface area contributed by atoms with E-state index in [2.05, 4.69) is 0 Å². The zero-order valence-corrected chi connectivity index (χ0v) is 23.8. The quantitative estimate of drug-likeness (QED) is 0.223. The van der Waals surface area contributed by atoms with Crippen molar-refractivity contribution in [2.75, 3.05) is 12.0 Å². The van der Waals surface area contributed by atoms with Gasteiger partial charge < -0.3 is 13.9 Å². The van der Waals surface area contributed by atoms with Crippen LogP contribution in [0.2, 0.25) is 0 Å². The number of nitrogens with zero attached hydrogens (tertiary/aromatic N) is 1. The number of aryl methyl sites for hydroxylation is 4. The predicted octanol–water partition coefficient (Wildman–Crippen LogP) is 7.36. The average molecular weight is 546 g/mol. The molecule has 0 bridgehead atoms. The second kappa shape index (κ2) is 10.3. The lowest BCUT2D eigenvalue weighted by Gasteiger charge is -2.26. The molecule has 1 atom stereocenters. The van der Waals surface area contributed by atoms with Crippen LogP contribution < -0.4 is 19.8 Å². The number of carbonyl (C=O) groups excluding carboxylic acids is 1. The number of amides is 1. The first-order chi connectivity index (χ1) is 19.8. The summed E-state index contributed by atoms with van der Waals surface area (Å²) >= 11 is 0. The van der Waals surface area contributed by atoms with Crippen LogP contribution in [0.1, 0.15) is 55.5 Å². The number of hydrogen-bond acceptors (Lipinski definition) is 5. The summed E-state index contributed by atoms with van der Waals surface area (Å²) in [5, 5.41) is 0.460. The van der Waals surface area contributed by atoms with E-state index in [1.54, 1.807) is 12.0 Å². The number of rotatable bonds is 6. The summed E-state index contributed by atoms with van der Waals surface area (Å²) < 4.78 is 18.0. The van der Waals surface area contributed by atoms with E-state index in [1.807, 2.05) is 107 Å². The van der Waals surface area contributed by atoms with Gasteiger partial charge in [0, 0.05) is 5.69 Å². The number of methoxy groups -OCH3 is 1. The van der Waals surface area contributed by atoms with E-state index in [4.69, 9.17) is 13.9 Å². The maximum atomic E-state index is 14.1. The molecule has 0 saturated carbocycles. The van der Waals surface area contributed by atoms with Crippen LogP contribution in [-0.2, 0) is 6.61 Å². The van der Waals surface area contributed by atoms with Gasteiger partial charge in [0.05, 0.1) is 24.1 Å². The third kappa shape index (κ3) is 4.55. The van der Waals surface area contributed by atoms with Crippen molar-refractivity contribution in [3.05, 3.63) is 134 Å². The van der Waals surface area contributed by atoms with Crippen LogP contribution in [0.3, 0.4) is 0 Å². The topological polar surface area (TPSA) is 69.0 Å². The molecule has 0 aliphatic carbocycles. The lowest BCUT2D eigenvalue weighted by Crippen LogP contribution is -2.29. The van der Waals surface area contributed by atoms with Crippen LogP contribution in [0.4, 0.5) is 5.69 Å². The van der Waals surface area contributed by atoms with Gasteiger partial charge in [-0.3, -0.25) is 14.5 Å². The summed E-state index contributed by atoms with van der Waals surface area (Å²) in [5.74, 6) is 0.793. The van der Waals surface area contributed by atoms with Gasteiger partial charge in [0.1, 0.15) is 12.2 Å². The van der Waals surface area contributed by atoms with Crippen LogP contribution in [0.25, 0.3) is 11.0 Å². The fraction of sp³-hybridized carbons (Fsp3) is 0.200. The van der Waals surface area contributed by atoms with Gasteiger partial charge >= 0.3 is 0 Å². The van der Waals surface area contributed by atoms with Gasteiger partial charge in [-0.05, 0) is 97.5 Å². The minimum Gasteiger partial charge on any atom is -0.493 e. The Kier molecular flexibility index (Phi) is 6.62. The summed E-state index contributed by atoms with van der Waals surface area (Å²) in [6.45, 7) is 8.34. The number of anilines is 1. The Morgan fingerprint density at radius 1 is 0.780 bits per heavy atom. The third-order valence-electron chi connectivity index (χ3n) is 8.00. The van der Waals surface area contributed by atoms with Crippen LogP contribution in [0.5, 0.6) is 11.5 Å². The zero-order valence-electron chi connectivity index (χ0n) is 23.8. The average Bonchev–Trinajstić information content (AvgIpc) is 3.27. The van der Waals surface area contributed by atoms with Crippen molar-refractivity contribution in [3.8, 4) is 11.5 Å². The first kappa shape index (κ1) is 26.4. The minimum atomic E-state index is -0.709. The van der Waals surface area contributed by atoms with Crippen molar-refractivity contribution in [3.63, 3.8) is 0 Å². The molecule has 1 aromatic heterocycles. The number of carbonyl (C=O) groups is 1. The maximum Gasteiger partial charge on any atom is 0.295 e. The van der Waals surface area contributed by atoms with E-state index in [9.17, 15) is 9.59 Å². The number of fused-ring (bicyclic) bond motifs is 2. The molecule has 1 unspecified atom stereocenters. The van der Waals surface area contributed by atoms with Gasteiger partial charge in [0.2, 0.25) is 5.76 Å². The van der Waals surface area contributed by atoms with Gasteiger partial charge in [-0.2, -0.15) is 0 Å². The van der Waals surface area contributed by atoms with Crippen molar-refractivity contribution < 1.29 is 18.7 Å². The highest BCUT2D eigenvalue weighted by molar-refractivity contribution is 6.10. The van der Waals surface area contributed by atoms with E-state index in [0.717, 1.165) is 33.4 Å². The molecule has 0 radical (unpaired) electrons. The molecule has 0 fully saturated rings. The number of ether oxygens (including phenoxy) is 2. The SMILES string of the molecule is COc1cc(C2c3c(oc4cc(C)c(C)cc4c3=O)C(=O)N2c2ccc(C)c(C)c2)ccc1OCc1ccccc1. The lowest BCUT2D eigenvalue weighted by atomic mass is 9.96. The molecule has 1 amide bonds. The molecule has 4 aromatic carbocycles. The number of hydrogen-bond donors (Lipinski definition) is 0. The largest absolute Gasteiger partial charge is 0.493 e. The molecule has 0 N–H and O–H groups in total. The molecule has 206 valence electrons. The monoisotopic (exact) mass is 545 g/mol. The van der Waals surface area contributed by atoms with Crippen molar-refractivity contribution in [1.82, 2.24) is 0 Å². The second-order valence-corrected chi connectivity index (χ2v) is 10.6. The summed E-state index contributed by atoms with van der Waals surface area (Å²) in [5.41, 5.74) is 7.09. The normalized spacial score (nSPS) is 14.4. The third-order valence-corrected chi connectivity index (χ3v) is 8.00. The molecule has 1 aliphatic heterocycles. The molecule has 6 nitrogen and oxygen atoms in total. The number of benzene rings is 4. The van der Waals surface area contributed by atoms with Crippen LogP contribution in [0.15, 0.2) is 88.1 Å². The molecule has 2 heterocycles. The molecule has 5 aromatic rings. The molecule has 6 heteroatoms. The molecule has 1 aliphatic rings. The molecular formula is C35H31NO5. The van der Waals surface area contributed by atoms with Crippen molar-refractivity contribution in [1.29, 1.82) is 0 Å². The Morgan fingerprint density at radius 3 is 2.24 bits per heavy atom. The molecule has 0 saturated heterocycles. The maximum absolute atomic E-state index is 14.1. The Balaban J connectivity index is 1.52. The van der Waals surface area contributed by atoms with E-state index < -0.39 is 6.04 Å². The summed E-state index contributed by atoms with van der Waals surface area (Å²) in [7, 11) is 1.58. The molecule has 41 heavy (non-hydrogen) atoms. The van der Waals surface area contributed by atoms with E-state index in [-0.39, 0.29) is 17.1 Å². The Labute approximate surface area is 238 Å². The fourth-order valence-corrected chi connectivity index (χ4v) is 5.39. The zero-order chi connectivity index (χ0) is 28.8. The van der Waals surface area contributed by atoms with Crippen LogP contribution in [0, 0.1) is 27.7 Å². The standard InChI is InChI=1S/C35H31NO5/c1-20-11-13-26(15-21(20)2)36-32(25-12-14-28(30(18-25)39-5)40-19-24-9-7-6-8-10-24)31-33(37)27-16-22(3)23(4)17-29(27)41-34(31)35(36)38/h6-18,32H,19H2,1-5H3. The minimum absolute atomic E-state index is 0.0670. The van der Waals surface area contributed by atoms with E-state index in [0.29, 0.717) is 40.3 Å². The molecular weight excluding hydrogens is 514 g/mol. The van der Waals surface area contributed by atoms with Gasteiger partial charge in [-0.15, -0.1) is 0 Å². The van der Waals surface area contributed by atoms with Gasteiger partial charge in [0.25, 0.3) is 5.91 Å². The van der Waals surface area contributed by atoms with E-state index >= 15 is 0 Å². The Morgan fingerprint density at radius 2 is 1.51 bits per heavy atom. The van der Waals surface area contributed by atoms with Gasteiger partial charge in [-0.1, -0.05) is 42.5 Å². The molecule has 6 rings (SSSR count). The smallest absolute Gasteiger partial charge is 0.295 e. The van der Waals surface area contributed by atoms with Crippen LogP contribution in [-0.4, -0.2) is 13.0 Å². The van der Waals surface area contributed by atoms with Crippen molar-refractivity contribution in [2.24, 2.45) is 0 Å².